The van der Waals surface area contributed by atoms with Gasteiger partial charge >= 0.3 is 0 Å². The summed E-state index contributed by atoms with van der Waals surface area (Å²) < 4.78 is 0. The van der Waals surface area contributed by atoms with Crippen molar-refractivity contribution in [1.82, 2.24) is 10.2 Å². The molecule has 2 aromatic rings. The molecule has 0 aliphatic carbocycles. The summed E-state index contributed by atoms with van der Waals surface area (Å²) in [5.74, 6) is 0.609. The van der Waals surface area contributed by atoms with Crippen LogP contribution in [-0.4, -0.2) is 10.2 Å². The van der Waals surface area contributed by atoms with Gasteiger partial charge in [-0.1, -0.05) is 30.3 Å². The molecule has 15 heavy (non-hydrogen) atoms. The first kappa shape index (κ1) is 9.77. The quantitative estimate of drug-likeness (QED) is 0.798. The number of anilines is 1. The molecule has 3 N–H and O–H groups in total. The number of nitrogens with one attached hydrogen (secondary N) is 1. The highest BCUT2D eigenvalue weighted by Gasteiger charge is 2.05. The maximum Gasteiger partial charge on any atom is 0.148 e. The fourth-order valence-electron chi connectivity index (χ4n) is 1.61. The molecule has 3 heteroatoms. The number of rotatable bonds is 3. The molecule has 0 aliphatic rings. The van der Waals surface area contributed by atoms with Crippen molar-refractivity contribution in [3.05, 3.63) is 47.2 Å². The fraction of sp³-hybridized carbons (Fsp3) is 0.250. The Morgan fingerprint density at radius 1 is 1.20 bits per heavy atom. The summed E-state index contributed by atoms with van der Waals surface area (Å²) in [6, 6.07) is 10.4. The molecule has 2 rings (SSSR count). The number of nitrogen functional groups attached to an aromatic ring is 1. The van der Waals surface area contributed by atoms with Gasteiger partial charge in [0.1, 0.15) is 5.82 Å². The van der Waals surface area contributed by atoms with Gasteiger partial charge in [-0.15, -0.1) is 0 Å². The maximum absolute atomic E-state index is 5.67. The number of nitrogens with two attached hydrogens (primary N) is 1. The van der Waals surface area contributed by atoms with Crippen molar-refractivity contribution in [2.24, 2.45) is 0 Å². The van der Waals surface area contributed by atoms with Crippen molar-refractivity contribution in [3.63, 3.8) is 0 Å². The SMILES string of the molecule is Cc1c(N)n[nH]c1CCc1ccccc1. The normalized spacial score (nSPS) is 10.5. The number of nitrogens with zero attached hydrogens (tertiary/aromatic N) is 1. The molecule has 0 radical (unpaired) electrons. The van der Waals surface area contributed by atoms with Crippen LogP contribution in [0, 0.1) is 6.92 Å². The second kappa shape index (κ2) is 4.17. The minimum Gasteiger partial charge on any atom is -0.382 e. The van der Waals surface area contributed by atoms with Crippen LogP contribution in [0.1, 0.15) is 16.8 Å². The predicted octanol–water partition coefficient (Wildman–Crippen LogP) is 2.09. The molecule has 0 spiro atoms. The summed E-state index contributed by atoms with van der Waals surface area (Å²) in [5.41, 5.74) is 9.22. The molecule has 0 bridgehead atoms. The minimum absolute atomic E-state index is 0.609. The predicted molar refractivity (Wildman–Crippen MR) is 61.6 cm³/mol. The molecule has 0 fully saturated rings. The number of hydrogen-bond donors (Lipinski definition) is 2. The first-order valence-corrected chi connectivity index (χ1v) is 5.10. The Kier molecular flexibility index (Phi) is 2.72. The highest BCUT2D eigenvalue weighted by atomic mass is 15.2. The van der Waals surface area contributed by atoms with Crippen molar-refractivity contribution in [1.29, 1.82) is 0 Å². The molecule has 1 aromatic carbocycles. The molecule has 0 saturated heterocycles. The first-order chi connectivity index (χ1) is 7.27. The van der Waals surface area contributed by atoms with Gasteiger partial charge < -0.3 is 5.73 Å². The van der Waals surface area contributed by atoms with E-state index in [0.717, 1.165) is 24.1 Å². The topological polar surface area (TPSA) is 54.7 Å². The van der Waals surface area contributed by atoms with Gasteiger partial charge in [0.05, 0.1) is 0 Å². The van der Waals surface area contributed by atoms with Gasteiger partial charge in [0.25, 0.3) is 0 Å². The van der Waals surface area contributed by atoms with Crippen LogP contribution in [0.15, 0.2) is 30.3 Å². The van der Waals surface area contributed by atoms with Gasteiger partial charge in [-0.2, -0.15) is 5.10 Å². The lowest BCUT2D eigenvalue weighted by molar-refractivity contribution is 0.887. The fourth-order valence-corrected chi connectivity index (χ4v) is 1.61. The molecule has 0 atom stereocenters. The molecule has 78 valence electrons. The van der Waals surface area contributed by atoms with Crippen molar-refractivity contribution in [3.8, 4) is 0 Å². The largest absolute Gasteiger partial charge is 0.382 e. The van der Waals surface area contributed by atoms with E-state index in [1.54, 1.807) is 0 Å². The van der Waals surface area contributed by atoms with Crippen molar-refractivity contribution in [2.45, 2.75) is 19.8 Å². The highest BCUT2D eigenvalue weighted by molar-refractivity contribution is 5.40. The van der Waals surface area contributed by atoms with Crippen LogP contribution in [0.4, 0.5) is 5.82 Å². The van der Waals surface area contributed by atoms with Crippen LogP contribution in [0.5, 0.6) is 0 Å². The number of H-pyrrole nitrogens is 1. The zero-order valence-corrected chi connectivity index (χ0v) is 8.83. The second-order valence-electron chi connectivity index (χ2n) is 3.70. The maximum atomic E-state index is 5.67. The van der Waals surface area contributed by atoms with E-state index in [2.05, 4.69) is 34.5 Å². The van der Waals surface area contributed by atoms with Crippen LogP contribution >= 0.6 is 0 Å². The van der Waals surface area contributed by atoms with E-state index in [0.29, 0.717) is 5.82 Å². The lowest BCUT2D eigenvalue weighted by atomic mass is 10.1. The molecule has 0 aliphatic heterocycles. The number of aromatic amines is 1. The molecule has 3 nitrogen and oxygen atoms in total. The Morgan fingerprint density at radius 3 is 2.53 bits per heavy atom. The Labute approximate surface area is 89.3 Å². The van der Waals surface area contributed by atoms with Crippen LogP contribution < -0.4 is 5.73 Å². The molecule has 0 unspecified atom stereocenters. The summed E-state index contributed by atoms with van der Waals surface area (Å²) >= 11 is 0. The standard InChI is InChI=1S/C12H15N3/c1-9-11(14-15-12(9)13)8-7-10-5-3-2-4-6-10/h2-6H,7-8H2,1H3,(H3,13,14,15). The molecule has 0 amide bonds. The minimum atomic E-state index is 0.609. The van der Waals surface area contributed by atoms with Gasteiger partial charge in [0, 0.05) is 11.3 Å². The Morgan fingerprint density at radius 2 is 1.93 bits per heavy atom. The second-order valence-corrected chi connectivity index (χ2v) is 3.70. The smallest absolute Gasteiger partial charge is 0.148 e. The summed E-state index contributed by atoms with van der Waals surface area (Å²) in [6.07, 6.45) is 1.98. The summed E-state index contributed by atoms with van der Waals surface area (Å²) in [4.78, 5) is 0. The van der Waals surface area contributed by atoms with Gasteiger partial charge in [-0.05, 0) is 25.3 Å². The molecule has 1 aromatic heterocycles. The molecule has 0 saturated carbocycles. The van der Waals surface area contributed by atoms with E-state index in [1.807, 2.05) is 13.0 Å². The van der Waals surface area contributed by atoms with Gasteiger partial charge in [0.2, 0.25) is 0 Å². The van der Waals surface area contributed by atoms with Crippen molar-refractivity contribution >= 4 is 5.82 Å². The van der Waals surface area contributed by atoms with E-state index in [4.69, 9.17) is 5.73 Å². The molecular weight excluding hydrogens is 186 g/mol. The third-order valence-corrected chi connectivity index (χ3v) is 2.65. The van der Waals surface area contributed by atoms with E-state index in [9.17, 15) is 0 Å². The van der Waals surface area contributed by atoms with Crippen molar-refractivity contribution < 1.29 is 0 Å². The summed E-state index contributed by atoms with van der Waals surface area (Å²) in [7, 11) is 0. The number of aryl methyl sites for hydroxylation is 2. The van der Waals surface area contributed by atoms with E-state index in [1.165, 1.54) is 5.56 Å². The van der Waals surface area contributed by atoms with E-state index >= 15 is 0 Å². The summed E-state index contributed by atoms with van der Waals surface area (Å²) in [6.45, 7) is 2.00. The number of aromatic nitrogens is 2. The zero-order valence-electron chi connectivity index (χ0n) is 8.83. The van der Waals surface area contributed by atoms with Gasteiger partial charge in [0.15, 0.2) is 0 Å². The van der Waals surface area contributed by atoms with Crippen molar-refractivity contribution in [2.75, 3.05) is 5.73 Å². The zero-order chi connectivity index (χ0) is 10.7. The van der Waals surface area contributed by atoms with E-state index < -0.39 is 0 Å². The highest BCUT2D eigenvalue weighted by Crippen LogP contribution is 2.13. The lowest BCUT2D eigenvalue weighted by Crippen LogP contribution is -1.94. The van der Waals surface area contributed by atoms with Crippen LogP contribution in [0.3, 0.4) is 0 Å². The van der Waals surface area contributed by atoms with Crippen LogP contribution in [0.2, 0.25) is 0 Å². The number of hydrogen-bond acceptors (Lipinski definition) is 2. The lowest BCUT2D eigenvalue weighted by Gasteiger charge is -2.00. The van der Waals surface area contributed by atoms with E-state index in [-0.39, 0.29) is 0 Å². The van der Waals surface area contributed by atoms with Crippen LogP contribution in [-0.2, 0) is 12.8 Å². The number of benzene rings is 1. The Balaban J connectivity index is 2.02. The van der Waals surface area contributed by atoms with Gasteiger partial charge in [-0.25, -0.2) is 0 Å². The summed E-state index contributed by atoms with van der Waals surface area (Å²) in [5, 5.41) is 6.95. The Bertz CT molecular complexity index is 431. The third-order valence-electron chi connectivity index (χ3n) is 2.65. The monoisotopic (exact) mass is 201 g/mol. The van der Waals surface area contributed by atoms with Crippen LogP contribution in [0.25, 0.3) is 0 Å². The average Bonchev–Trinajstić information content (AvgIpc) is 2.59. The first-order valence-electron chi connectivity index (χ1n) is 5.10. The third kappa shape index (κ3) is 2.18. The molecular formula is C12H15N3. The average molecular weight is 201 g/mol. The molecule has 1 heterocycles. The van der Waals surface area contributed by atoms with Gasteiger partial charge in [-0.3, -0.25) is 5.10 Å². The Hall–Kier alpha value is -1.77.